The van der Waals surface area contributed by atoms with Gasteiger partial charge in [-0.05, 0) is 18.4 Å². The molecular formula is C16H21N3O2S. The molecular weight excluding hydrogens is 298 g/mol. The van der Waals surface area contributed by atoms with Gasteiger partial charge in [-0.3, -0.25) is 4.68 Å². The molecule has 0 aliphatic carbocycles. The van der Waals surface area contributed by atoms with Crippen molar-refractivity contribution in [2.45, 2.75) is 30.1 Å². The summed E-state index contributed by atoms with van der Waals surface area (Å²) in [6.07, 6.45) is 4.84. The lowest BCUT2D eigenvalue weighted by Crippen LogP contribution is -2.46. The molecule has 5 nitrogen and oxygen atoms in total. The van der Waals surface area contributed by atoms with E-state index in [1.165, 1.54) is 16.4 Å². The van der Waals surface area contributed by atoms with Gasteiger partial charge in [0.25, 0.3) is 0 Å². The summed E-state index contributed by atoms with van der Waals surface area (Å²) in [5.74, 6) is 0. The van der Waals surface area contributed by atoms with Gasteiger partial charge in [-0.1, -0.05) is 37.3 Å². The first-order chi connectivity index (χ1) is 10.4. The number of nitrogens with zero attached hydrogens (tertiary/aromatic N) is 3. The van der Waals surface area contributed by atoms with Crippen LogP contribution in [0.25, 0.3) is 0 Å². The normalized spacial score (nSPS) is 23.5. The lowest BCUT2D eigenvalue weighted by molar-refractivity contribution is 0.240. The van der Waals surface area contributed by atoms with Gasteiger partial charge in [-0.15, -0.1) is 0 Å². The smallest absolute Gasteiger partial charge is 0.246 e. The maximum Gasteiger partial charge on any atom is 0.246 e. The van der Waals surface area contributed by atoms with Gasteiger partial charge in [0.05, 0.1) is 6.20 Å². The Balaban J connectivity index is 1.90. The lowest BCUT2D eigenvalue weighted by Gasteiger charge is -2.40. The lowest BCUT2D eigenvalue weighted by atomic mass is 9.77. The predicted molar refractivity (Wildman–Crippen MR) is 85.0 cm³/mol. The summed E-state index contributed by atoms with van der Waals surface area (Å²) in [6.45, 7) is 3.22. The van der Waals surface area contributed by atoms with Gasteiger partial charge in [0.15, 0.2) is 0 Å². The highest BCUT2D eigenvalue weighted by atomic mass is 32.2. The molecule has 1 fully saturated rings. The molecule has 1 aromatic heterocycles. The zero-order chi connectivity index (χ0) is 15.8. The van der Waals surface area contributed by atoms with Crippen molar-refractivity contribution in [2.75, 3.05) is 13.1 Å². The molecule has 0 N–H and O–H groups in total. The molecule has 0 saturated carbocycles. The van der Waals surface area contributed by atoms with Crippen LogP contribution in [0.1, 0.15) is 25.3 Å². The molecule has 0 spiro atoms. The molecule has 1 saturated heterocycles. The number of benzene rings is 1. The average Bonchev–Trinajstić information content (AvgIpc) is 2.96. The predicted octanol–water partition coefficient (Wildman–Crippen LogP) is 2.16. The van der Waals surface area contributed by atoms with Crippen molar-refractivity contribution in [2.24, 2.45) is 7.05 Å². The van der Waals surface area contributed by atoms with Crippen LogP contribution in [0.4, 0.5) is 0 Å². The van der Waals surface area contributed by atoms with Crippen molar-refractivity contribution < 1.29 is 8.42 Å². The van der Waals surface area contributed by atoms with E-state index in [-0.39, 0.29) is 10.3 Å². The van der Waals surface area contributed by atoms with Crippen LogP contribution >= 0.6 is 0 Å². The number of aromatic nitrogens is 2. The third-order valence-electron chi connectivity index (χ3n) is 4.45. The second-order valence-corrected chi connectivity index (χ2v) is 8.16. The van der Waals surface area contributed by atoms with E-state index in [0.29, 0.717) is 13.1 Å². The van der Waals surface area contributed by atoms with Gasteiger partial charge in [0.2, 0.25) is 10.0 Å². The van der Waals surface area contributed by atoms with Crippen molar-refractivity contribution in [3.63, 3.8) is 0 Å². The fraction of sp³-hybridized carbons (Fsp3) is 0.438. The maximum atomic E-state index is 12.8. The Morgan fingerprint density at radius 2 is 1.95 bits per heavy atom. The monoisotopic (exact) mass is 319 g/mol. The van der Waals surface area contributed by atoms with E-state index in [0.717, 1.165) is 12.8 Å². The van der Waals surface area contributed by atoms with E-state index in [9.17, 15) is 8.42 Å². The first kappa shape index (κ1) is 15.2. The summed E-state index contributed by atoms with van der Waals surface area (Å²) in [5, 5.41) is 3.98. The van der Waals surface area contributed by atoms with Gasteiger partial charge < -0.3 is 0 Å². The summed E-state index contributed by atoms with van der Waals surface area (Å²) in [4.78, 5) is 0.271. The Hall–Kier alpha value is -1.66. The minimum Gasteiger partial charge on any atom is -0.274 e. The van der Waals surface area contributed by atoms with Gasteiger partial charge in [-0.25, -0.2) is 8.42 Å². The fourth-order valence-corrected chi connectivity index (χ4v) is 4.74. The maximum absolute atomic E-state index is 12.8. The summed E-state index contributed by atoms with van der Waals surface area (Å²) in [7, 11) is -1.74. The third kappa shape index (κ3) is 2.68. The molecule has 0 amide bonds. The molecule has 1 atom stereocenters. The van der Waals surface area contributed by atoms with E-state index >= 15 is 0 Å². The molecule has 1 aliphatic rings. The van der Waals surface area contributed by atoms with Gasteiger partial charge in [0, 0.05) is 31.7 Å². The van der Waals surface area contributed by atoms with Crippen molar-refractivity contribution in [1.29, 1.82) is 0 Å². The second kappa shape index (κ2) is 5.52. The Bertz CT molecular complexity index is 755. The van der Waals surface area contributed by atoms with Crippen LogP contribution in [-0.2, 0) is 22.5 Å². The van der Waals surface area contributed by atoms with Crippen molar-refractivity contribution >= 4 is 10.0 Å². The summed E-state index contributed by atoms with van der Waals surface area (Å²) >= 11 is 0. The largest absolute Gasteiger partial charge is 0.274 e. The van der Waals surface area contributed by atoms with E-state index in [2.05, 4.69) is 24.2 Å². The van der Waals surface area contributed by atoms with Crippen molar-refractivity contribution in [3.8, 4) is 0 Å². The summed E-state index contributed by atoms with van der Waals surface area (Å²) < 4.78 is 28.7. The molecule has 6 heteroatoms. The van der Waals surface area contributed by atoms with E-state index in [1.807, 2.05) is 18.2 Å². The third-order valence-corrected chi connectivity index (χ3v) is 6.25. The number of piperidine rings is 1. The average molecular weight is 319 g/mol. The van der Waals surface area contributed by atoms with Crippen LogP contribution in [-0.4, -0.2) is 35.6 Å². The Morgan fingerprint density at radius 3 is 2.59 bits per heavy atom. The number of sulfonamides is 1. The fourth-order valence-electron chi connectivity index (χ4n) is 3.16. The van der Waals surface area contributed by atoms with Crippen LogP contribution in [0.2, 0.25) is 0 Å². The topological polar surface area (TPSA) is 55.2 Å². The number of hydrogen-bond donors (Lipinski definition) is 0. The standard InChI is InChI=1S/C16H21N3O2S/c1-16(14-7-4-3-5-8-14)9-6-10-19(13-16)22(20,21)15-11-17-18(2)12-15/h3-5,7-8,11-12H,6,9-10,13H2,1-2H3/t16-/m1/s1. The minimum absolute atomic E-state index is 0.144. The number of rotatable bonds is 3. The van der Waals surface area contributed by atoms with Gasteiger partial charge in [0.1, 0.15) is 4.90 Å². The molecule has 0 radical (unpaired) electrons. The van der Waals surface area contributed by atoms with Crippen molar-refractivity contribution in [1.82, 2.24) is 14.1 Å². The molecule has 0 bridgehead atoms. The Morgan fingerprint density at radius 1 is 1.23 bits per heavy atom. The van der Waals surface area contributed by atoms with Gasteiger partial charge in [-0.2, -0.15) is 9.40 Å². The zero-order valence-electron chi connectivity index (χ0n) is 12.9. The van der Waals surface area contributed by atoms with E-state index < -0.39 is 10.0 Å². The Kier molecular flexibility index (Phi) is 3.82. The van der Waals surface area contributed by atoms with E-state index in [1.54, 1.807) is 17.5 Å². The number of hydrogen-bond acceptors (Lipinski definition) is 3. The van der Waals surface area contributed by atoms with Crippen LogP contribution in [0.5, 0.6) is 0 Å². The molecule has 0 unspecified atom stereocenters. The molecule has 3 rings (SSSR count). The molecule has 2 heterocycles. The zero-order valence-corrected chi connectivity index (χ0v) is 13.8. The highest BCUT2D eigenvalue weighted by Crippen LogP contribution is 2.35. The van der Waals surface area contributed by atoms with E-state index in [4.69, 9.17) is 0 Å². The molecule has 1 aliphatic heterocycles. The Labute approximate surface area is 131 Å². The first-order valence-electron chi connectivity index (χ1n) is 7.46. The highest BCUT2D eigenvalue weighted by Gasteiger charge is 2.38. The summed E-state index contributed by atoms with van der Waals surface area (Å²) in [6, 6.07) is 10.2. The molecule has 22 heavy (non-hydrogen) atoms. The second-order valence-electron chi connectivity index (χ2n) is 6.22. The van der Waals surface area contributed by atoms with Crippen LogP contribution in [0.3, 0.4) is 0 Å². The van der Waals surface area contributed by atoms with Crippen LogP contribution in [0, 0.1) is 0 Å². The van der Waals surface area contributed by atoms with Crippen molar-refractivity contribution in [3.05, 3.63) is 48.3 Å². The molecule has 2 aromatic rings. The van der Waals surface area contributed by atoms with Crippen LogP contribution < -0.4 is 0 Å². The van der Waals surface area contributed by atoms with Gasteiger partial charge >= 0.3 is 0 Å². The minimum atomic E-state index is -3.47. The SMILES string of the molecule is Cn1cc(S(=O)(=O)N2CCC[C@@](C)(c3ccccc3)C2)cn1. The molecule has 1 aromatic carbocycles. The number of aryl methyl sites for hydroxylation is 1. The molecule has 118 valence electrons. The highest BCUT2D eigenvalue weighted by molar-refractivity contribution is 7.89. The summed E-state index contributed by atoms with van der Waals surface area (Å²) in [5.41, 5.74) is 1.05. The first-order valence-corrected chi connectivity index (χ1v) is 8.90. The van der Waals surface area contributed by atoms with Crippen LogP contribution in [0.15, 0.2) is 47.6 Å². The quantitative estimate of drug-likeness (QED) is 0.871.